The van der Waals surface area contributed by atoms with E-state index in [1.807, 2.05) is 11.9 Å². The third kappa shape index (κ3) is 5.34. The van der Waals surface area contributed by atoms with Crippen LogP contribution in [-0.4, -0.2) is 57.0 Å². The van der Waals surface area contributed by atoms with Gasteiger partial charge in [-0.1, -0.05) is 0 Å². The SMILES string of the molecule is CN(CCOCC(F)(F)F)C1CCNC1. The molecule has 1 saturated heterocycles. The van der Waals surface area contributed by atoms with Crippen molar-refractivity contribution in [2.75, 3.05) is 39.9 Å². The lowest BCUT2D eigenvalue weighted by molar-refractivity contribution is -0.174. The second kappa shape index (κ2) is 5.67. The lowest BCUT2D eigenvalue weighted by Gasteiger charge is -2.23. The van der Waals surface area contributed by atoms with Gasteiger partial charge in [-0.3, -0.25) is 4.90 Å². The number of nitrogens with zero attached hydrogens (tertiary/aromatic N) is 1. The normalized spacial score (nSPS) is 22.6. The Balaban J connectivity index is 2.04. The molecule has 0 spiro atoms. The molecule has 0 amide bonds. The van der Waals surface area contributed by atoms with E-state index in [9.17, 15) is 13.2 Å². The van der Waals surface area contributed by atoms with E-state index in [2.05, 4.69) is 10.1 Å². The van der Waals surface area contributed by atoms with Crippen LogP contribution in [0.1, 0.15) is 6.42 Å². The van der Waals surface area contributed by atoms with Crippen molar-refractivity contribution in [1.29, 1.82) is 0 Å². The summed E-state index contributed by atoms with van der Waals surface area (Å²) in [7, 11) is 1.91. The lowest BCUT2D eigenvalue weighted by Crippen LogP contribution is -2.36. The van der Waals surface area contributed by atoms with Crippen molar-refractivity contribution < 1.29 is 17.9 Å². The first-order valence-electron chi connectivity index (χ1n) is 5.04. The highest BCUT2D eigenvalue weighted by molar-refractivity contribution is 4.78. The monoisotopic (exact) mass is 226 g/mol. The van der Waals surface area contributed by atoms with Crippen molar-refractivity contribution in [3.63, 3.8) is 0 Å². The summed E-state index contributed by atoms with van der Waals surface area (Å²) in [5.74, 6) is 0. The van der Waals surface area contributed by atoms with Crippen molar-refractivity contribution in [2.24, 2.45) is 0 Å². The van der Waals surface area contributed by atoms with Gasteiger partial charge in [-0.2, -0.15) is 13.2 Å². The molecule has 90 valence electrons. The van der Waals surface area contributed by atoms with Crippen LogP contribution in [0.15, 0.2) is 0 Å². The average molecular weight is 226 g/mol. The fourth-order valence-electron chi connectivity index (χ4n) is 1.59. The number of halogens is 3. The van der Waals surface area contributed by atoms with Gasteiger partial charge >= 0.3 is 6.18 Å². The van der Waals surface area contributed by atoms with Crippen molar-refractivity contribution in [1.82, 2.24) is 10.2 Å². The number of ether oxygens (including phenoxy) is 1. The highest BCUT2D eigenvalue weighted by atomic mass is 19.4. The molecule has 0 aromatic carbocycles. The first kappa shape index (κ1) is 12.7. The maximum atomic E-state index is 11.7. The van der Waals surface area contributed by atoms with E-state index in [4.69, 9.17) is 0 Å². The largest absolute Gasteiger partial charge is 0.411 e. The summed E-state index contributed by atoms with van der Waals surface area (Å²) in [5, 5.41) is 3.21. The molecule has 1 aliphatic heterocycles. The third-order valence-corrected chi connectivity index (χ3v) is 2.51. The molecule has 1 N–H and O–H groups in total. The molecule has 1 rings (SSSR count). The second-order valence-electron chi connectivity index (χ2n) is 3.79. The van der Waals surface area contributed by atoms with E-state index < -0.39 is 12.8 Å². The van der Waals surface area contributed by atoms with Gasteiger partial charge in [-0.15, -0.1) is 0 Å². The second-order valence-corrected chi connectivity index (χ2v) is 3.79. The Bertz CT molecular complexity index is 181. The van der Waals surface area contributed by atoms with Gasteiger partial charge in [0.15, 0.2) is 0 Å². The number of rotatable bonds is 5. The minimum absolute atomic E-state index is 0.131. The van der Waals surface area contributed by atoms with Gasteiger partial charge in [0.1, 0.15) is 6.61 Å². The molecule has 3 nitrogen and oxygen atoms in total. The molecule has 1 heterocycles. The Kier molecular flexibility index (Phi) is 4.82. The van der Waals surface area contributed by atoms with Crippen molar-refractivity contribution >= 4 is 0 Å². The smallest absolute Gasteiger partial charge is 0.371 e. The lowest BCUT2D eigenvalue weighted by atomic mass is 10.2. The van der Waals surface area contributed by atoms with Crippen LogP contribution in [0.3, 0.4) is 0 Å². The molecule has 0 bridgehead atoms. The molecule has 6 heteroatoms. The minimum Gasteiger partial charge on any atom is -0.371 e. The summed E-state index contributed by atoms with van der Waals surface area (Å²) in [4.78, 5) is 2.04. The van der Waals surface area contributed by atoms with Crippen LogP contribution in [0, 0.1) is 0 Å². The van der Waals surface area contributed by atoms with Crippen molar-refractivity contribution in [3.8, 4) is 0 Å². The van der Waals surface area contributed by atoms with Crippen LogP contribution in [0.25, 0.3) is 0 Å². The topological polar surface area (TPSA) is 24.5 Å². The predicted molar refractivity (Wildman–Crippen MR) is 50.8 cm³/mol. The quantitative estimate of drug-likeness (QED) is 0.704. The molecule has 1 aliphatic rings. The van der Waals surface area contributed by atoms with Gasteiger partial charge in [0.2, 0.25) is 0 Å². The maximum absolute atomic E-state index is 11.7. The highest BCUT2D eigenvalue weighted by Crippen LogP contribution is 2.14. The summed E-state index contributed by atoms with van der Waals surface area (Å²) in [6, 6.07) is 0.430. The van der Waals surface area contributed by atoms with Crippen LogP contribution in [-0.2, 0) is 4.74 Å². The molecule has 0 radical (unpaired) electrons. The number of alkyl halides is 3. The number of hydrogen-bond acceptors (Lipinski definition) is 3. The molecule has 15 heavy (non-hydrogen) atoms. The Morgan fingerprint density at radius 1 is 1.47 bits per heavy atom. The van der Waals surface area contributed by atoms with Crippen LogP contribution >= 0.6 is 0 Å². The summed E-state index contributed by atoms with van der Waals surface area (Å²) in [6.07, 6.45) is -3.16. The van der Waals surface area contributed by atoms with E-state index in [-0.39, 0.29) is 6.61 Å². The first-order chi connectivity index (χ1) is 6.99. The van der Waals surface area contributed by atoms with Gasteiger partial charge in [0, 0.05) is 19.1 Å². The molecular weight excluding hydrogens is 209 g/mol. The van der Waals surface area contributed by atoms with E-state index in [1.54, 1.807) is 0 Å². The fraction of sp³-hybridized carbons (Fsp3) is 1.00. The maximum Gasteiger partial charge on any atom is 0.411 e. The number of likely N-dealkylation sites (N-methyl/N-ethyl adjacent to an activating group) is 1. The predicted octanol–water partition coefficient (Wildman–Crippen LogP) is 0.859. The molecule has 0 aliphatic carbocycles. The van der Waals surface area contributed by atoms with E-state index >= 15 is 0 Å². The number of hydrogen-bond donors (Lipinski definition) is 1. The van der Waals surface area contributed by atoms with E-state index in [0.717, 1.165) is 19.5 Å². The third-order valence-electron chi connectivity index (χ3n) is 2.51. The molecule has 0 saturated carbocycles. The zero-order valence-electron chi connectivity index (χ0n) is 8.81. The molecule has 0 aromatic rings. The van der Waals surface area contributed by atoms with Gasteiger partial charge in [-0.05, 0) is 20.0 Å². The summed E-state index contributed by atoms with van der Waals surface area (Å²) >= 11 is 0. The zero-order valence-corrected chi connectivity index (χ0v) is 8.81. The van der Waals surface area contributed by atoms with E-state index in [0.29, 0.717) is 12.6 Å². The van der Waals surface area contributed by atoms with Crippen LogP contribution < -0.4 is 5.32 Å². The van der Waals surface area contributed by atoms with Gasteiger partial charge in [0.25, 0.3) is 0 Å². The summed E-state index contributed by atoms with van der Waals surface area (Å²) < 4.78 is 39.7. The Hall–Kier alpha value is -0.330. The zero-order chi connectivity index (χ0) is 11.3. The van der Waals surface area contributed by atoms with Crippen LogP contribution in [0.5, 0.6) is 0 Å². The average Bonchev–Trinajstić information content (AvgIpc) is 2.63. The molecule has 1 unspecified atom stereocenters. The molecule has 0 aromatic heterocycles. The highest BCUT2D eigenvalue weighted by Gasteiger charge is 2.27. The molecular formula is C9H17F3N2O. The summed E-state index contributed by atoms with van der Waals surface area (Å²) in [6.45, 7) is 1.42. The van der Waals surface area contributed by atoms with Gasteiger partial charge < -0.3 is 10.1 Å². The fourth-order valence-corrected chi connectivity index (χ4v) is 1.59. The number of nitrogens with one attached hydrogen (secondary N) is 1. The van der Waals surface area contributed by atoms with Crippen LogP contribution in [0.4, 0.5) is 13.2 Å². The van der Waals surface area contributed by atoms with Gasteiger partial charge in [0.05, 0.1) is 6.61 Å². The standard InChI is InChI=1S/C9H17F3N2O/c1-14(8-2-3-13-6-8)4-5-15-7-9(10,11)12/h8,13H,2-7H2,1H3. The van der Waals surface area contributed by atoms with Crippen molar-refractivity contribution in [2.45, 2.75) is 18.6 Å². The molecule has 1 fully saturated rings. The van der Waals surface area contributed by atoms with Gasteiger partial charge in [-0.25, -0.2) is 0 Å². The molecule has 1 atom stereocenters. The van der Waals surface area contributed by atoms with Crippen molar-refractivity contribution in [3.05, 3.63) is 0 Å². The van der Waals surface area contributed by atoms with E-state index in [1.165, 1.54) is 0 Å². The minimum atomic E-state index is -4.21. The van der Waals surface area contributed by atoms with Crippen LogP contribution in [0.2, 0.25) is 0 Å². The Morgan fingerprint density at radius 2 is 2.20 bits per heavy atom. The Morgan fingerprint density at radius 3 is 2.73 bits per heavy atom. The first-order valence-corrected chi connectivity index (χ1v) is 5.04. The summed E-state index contributed by atoms with van der Waals surface area (Å²) in [5.41, 5.74) is 0. The Labute approximate surface area is 87.6 Å².